The van der Waals surface area contributed by atoms with Gasteiger partial charge >= 0.3 is 0 Å². The number of thiazole rings is 1. The number of nitrogens with zero attached hydrogens (tertiary/aromatic N) is 1. The number of aromatic nitrogens is 1. The molecule has 0 bridgehead atoms. The van der Waals surface area contributed by atoms with Crippen LogP contribution in [0.3, 0.4) is 0 Å². The Morgan fingerprint density at radius 1 is 1.26 bits per heavy atom. The Morgan fingerprint density at radius 2 is 2.09 bits per heavy atom. The first-order valence-electron chi connectivity index (χ1n) is 8.21. The zero-order valence-electron chi connectivity index (χ0n) is 14.2. The Kier molecular flexibility index (Phi) is 6.86. The molecule has 1 unspecified atom stereocenters. The van der Waals surface area contributed by atoms with E-state index in [-0.39, 0.29) is 6.10 Å². The minimum Gasteiger partial charge on any atom is -0.496 e. The Bertz CT molecular complexity index is 613. The fourth-order valence-corrected chi connectivity index (χ4v) is 3.32. The molecule has 1 aromatic heterocycles. The molecule has 0 aliphatic rings. The maximum absolute atomic E-state index is 5.99. The molecule has 1 aromatic carbocycles. The maximum Gasteiger partial charge on any atom is 0.180 e. The van der Waals surface area contributed by atoms with Crippen molar-refractivity contribution in [3.63, 3.8) is 0 Å². The molecule has 5 heteroatoms. The van der Waals surface area contributed by atoms with E-state index in [1.807, 2.05) is 24.4 Å². The molecule has 1 heterocycles. The number of hydrogen-bond donors (Lipinski definition) is 1. The quantitative estimate of drug-likeness (QED) is 0.651. The van der Waals surface area contributed by atoms with Crippen LogP contribution in [0.15, 0.2) is 23.6 Å². The second kappa shape index (κ2) is 8.89. The van der Waals surface area contributed by atoms with E-state index in [2.05, 4.69) is 18.0 Å². The summed E-state index contributed by atoms with van der Waals surface area (Å²) in [4.78, 5) is 4.39. The van der Waals surface area contributed by atoms with Crippen LogP contribution in [0.1, 0.15) is 51.2 Å². The van der Waals surface area contributed by atoms with Crippen LogP contribution in [0.2, 0.25) is 0 Å². The fraction of sp³-hybridized carbons (Fsp3) is 0.500. The molecule has 0 saturated heterocycles. The Hall–Kier alpha value is -1.59. The van der Waals surface area contributed by atoms with Crippen molar-refractivity contribution in [2.24, 2.45) is 0 Å². The average molecular weight is 334 g/mol. The summed E-state index contributed by atoms with van der Waals surface area (Å²) in [6.07, 6.45) is 4.62. The van der Waals surface area contributed by atoms with Gasteiger partial charge in [0.2, 0.25) is 0 Å². The summed E-state index contributed by atoms with van der Waals surface area (Å²) in [5.41, 5.74) is 8.70. The predicted molar refractivity (Wildman–Crippen MR) is 97.0 cm³/mol. The van der Waals surface area contributed by atoms with E-state index in [9.17, 15) is 0 Å². The Balaban J connectivity index is 2.35. The molecule has 23 heavy (non-hydrogen) atoms. The van der Waals surface area contributed by atoms with Gasteiger partial charge in [-0.15, -0.1) is 11.3 Å². The SMILES string of the molecule is CCCCCC(OCC)c1cccc(-c2csc(N)n2)c1OC. The smallest absolute Gasteiger partial charge is 0.180 e. The van der Waals surface area contributed by atoms with Gasteiger partial charge in [0.05, 0.1) is 18.9 Å². The van der Waals surface area contributed by atoms with E-state index in [4.69, 9.17) is 15.2 Å². The maximum atomic E-state index is 5.99. The highest BCUT2D eigenvalue weighted by Gasteiger charge is 2.20. The fourth-order valence-electron chi connectivity index (χ4n) is 2.76. The van der Waals surface area contributed by atoms with E-state index in [1.165, 1.54) is 24.2 Å². The number of nitrogens with two attached hydrogens (primary N) is 1. The molecule has 2 N–H and O–H groups in total. The number of nitrogen functional groups attached to an aromatic ring is 1. The van der Waals surface area contributed by atoms with Gasteiger partial charge in [0, 0.05) is 23.1 Å². The largest absolute Gasteiger partial charge is 0.496 e. The van der Waals surface area contributed by atoms with Crippen molar-refractivity contribution in [1.82, 2.24) is 4.98 Å². The first kappa shape index (κ1) is 17.8. The highest BCUT2D eigenvalue weighted by molar-refractivity contribution is 7.13. The summed E-state index contributed by atoms with van der Waals surface area (Å²) in [6.45, 7) is 4.93. The van der Waals surface area contributed by atoms with Crippen LogP contribution < -0.4 is 10.5 Å². The number of para-hydroxylation sites is 1. The summed E-state index contributed by atoms with van der Waals surface area (Å²) in [6, 6.07) is 6.14. The third kappa shape index (κ3) is 4.45. The summed E-state index contributed by atoms with van der Waals surface area (Å²) < 4.78 is 11.7. The standard InChI is InChI=1S/C18H26N2O2S/c1-4-6-7-11-16(22-5-2)14-10-8-9-13(17(14)21-3)15-12-23-18(19)20-15/h8-10,12,16H,4-7,11H2,1-3H3,(H2,19,20). The van der Waals surface area contributed by atoms with Crippen molar-refractivity contribution in [2.45, 2.75) is 45.6 Å². The number of anilines is 1. The molecule has 0 amide bonds. The first-order valence-corrected chi connectivity index (χ1v) is 9.09. The minimum absolute atomic E-state index is 0.0532. The lowest BCUT2D eigenvalue weighted by Gasteiger charge is -2.21. The summed E-state index contributed by atoms with van der Waals surface area (Å²) in [5, 5.41) is 2.53. The van der Waals surface area contributed by atoms with Crippen LogP contribution >= 0.6 is 11.3 Å². The van der Waals surface area contributed by atoms with Gasteiger partial charge in [0.15, 0.2) is 5.13 Å². The van der Waals surface area contributed by atoms with E-state index in [0.29, 0.717) is 11.7 Å². The van der Waals surface area contributed by atoms with Gasteiger partial charge in [-0.3, -0.25) is 0 Å². The summed E-state index contributed by atoms with van der Waals surface area (Å²) in [7, 11) is 1.70. The van der Waals surface area contributed by atoms with Gasteiger partial charge in [0.25, 0.3) is 0 Å². The molecule has 0 radical (unpaired) electrons. The Labute approximate surface area is 142 Å². The van der Waals surface area contributed by atoms with Gasteiger partial charge in [0.1, 0.15) is 5.75 Å². The van der Waals surface area contributed by atoms with Crippen molar-refractivity contribution in [3.8, 4) is 17.0 Å². The van der Waals surface area contributed by atoms with Gasteiger partial charge < -0.3 is 15.2 Å². The number of rotatable bonds is 9. The molecule has 0 saturated carbocycles. The number of ether oxygens (including phenoxy) is 2. The zero-order chi connectivity index (χ0) is 16.7. The van der Waals surface area contributed by atoms with Crippen LogP contribution in [0, 0.1) is 0 Å². The molecular weight excluding hydrogens is 308 g/mol. The third-order valence-electron chi connectivity index (χ3n) is 3.83. The molecule has 4 nitrogen and oxygen atoms in total. The van der Waals surface area contributed by atoms with E-state index in [1.54, 1.807) is 7.11 Å². The highest BCUT2D eigenvalue weighted by Crippen LogP contribution is 2.39. The van der Waals surface area contributed by atoms with Crippen molar-refractivity contribution in [2.75, 3.05) is 19.5 Å². The van der Waals surface area contributed by atoms with Gasteiger partial charge in [-0.1, -0.05) is 38.3 Å². The van der Waals surface area contributed by atoms with Gasteiger partial charge in [-0.05, 0) is 19.4 Å². The van der Waals surface area contributed by atoms with Crippen LogP contribution in [0.25, 0.3) is 11.3 Å². The number of unbranched alkanes of at least 4 members (excludes halogenated alkanes) is 2. The van der Waals surface area contributed by atoms with E-state index < -0.39 is 0 Å². The second-order valence-electron chi connectivity index (χ2n) is 5.44. The molecule has 126 valence electrons. The Morgan fingerprint density at radius 3 is 2.70 bits per heavy atom. The van der Waals surface area contributed by atoms with Gasteiger partial charge in [-0.2, -0.15) is 0 Å². The molecule has 0 aliphatic heterocycles. The molecule has 2 aromatic rings. The number of benzene rings is 1. The number of methoxy groups -OCH3 is 1. The topological polar surface area (TPSA) is 57.4 Å². The summed E-state index contributed by atoms with van der Waals surface area (Å²) >= 11 is 1.44. The minimum atomic E-state index is 0.0532. The molecule has 0 fully saturated rings. The van der Waals surface area contributed by atoms with Crippen molar-refractivity contribution < 1.29 is 9.47 Å². The van der Waals surface area contributed by atoms with Crippen LogP contribution in [-0.4, -0.2) is 18.7 Å². The van der Waals surface area contributed by atoms with Crippen molar-refractivity contribution >= 4 is 16.5 Å². The lowest BCUT2D eigenvalue weighted by atomic mass is 9.98. The lowest BCUT2D eigenvalue weighted by molar-refractivity contribution is 0.0526. The second-order valence-corrected chi connectivity index (χ2v) is 6.33. The predicted octanol–water partition coefficient (Wildman–Crippen LogP) is 5.06. The molecule has 2 rings (SSSR count). The third-order valence-corrected chi connectivity index (χ3v) is 4.51. The van der Waals surface area contributed by atoms with Gasteiger partial charge in [-0.25, -0.2) is 4.98 Å². The zero-order valence-corrected chi connectivity index (χ0v) is 15.0. The molecule has 1 atom stereocenters. The molecular formula is C18H26N2O2S. The first-order chi connectivity index (χ1) is 11.2. The monoisotopic (exact) mass is 334 g/mol. The molecule has 0 aliphatic carbocycles. The van der Waals surface area contributed by atoms with E-state index in [0.717, 1.165) is 35.4 Å². The van der Waals surface area contributed by atoms with Crippen molar-refractivity contribution in [1.29, 1.82) is 0 Å². The van der Waals surface area contributed by atoms with Crippen LogP contribution in [-0.2, 0) is 4.74 Å². The van der Waals surface area contributed by atoms with Crippen LogP contribution in [0.4, 0.5) is 5.13 Å². The molecule has 0 spiro atoms. The van der Waals surface area contributed by atoms with Crippen molar-refractivity contribution in [3.05, 3.63) is 29.1 Å². The summed E-state index contributed by atoms with van der Waals surface area (Å²) in [5.74, 6) is 0.841. The average Bonchev–Trinajstić information content (AvgIpc) is 3.00. The van der Waals surface area contributed by atoms with Crippen LogP contribution in [0.5, 0.6) is 5.75 Å². The highest BCUT2D eigenvalue weighted by atomic mass is 32.1. The number of hydrogen-bond acceptors (Lipinski definition) is 5. The lowest BCUT2D eigenvalue weighted by Crippen LogP contribution is -2.07. The van der Waals surface area contributed by atoms with E-state index >= 15 is 0 Å². The normalized spacial score (nSPS) is 12.3.